The highest BCUT2D eigenvalue weighted by Gasteiger charge is 2.57. The van der Waals surface area contributed by atoms with Gasteiger partial charge in [0.15, 0.2) is 0 Å². The predicted molar refractivity (Wildman–Crippen MR) is 76.1 cm³/mol. The largest absolute Gasteiger partial charge is 0.303 e. The normalized spacial score (nSPS) is 46.9. The molecule has 0 radical (unpaired) electrons. The third-order valence-electron chi connectivity index (χ3n) is 5.78. The van der Waals surface area contributed by atoms with Crippen LogP contribution in [0.2, 0.25) is 0 Å². The highest BCUT2D eigenvalue weighted by Crippen LogP contribution is 2.66. The summed E-state index contributed by atoms with van der Waals surface area (Å²) in [6.45, 7) is 5.82. The monoisotopic (exact) mass is 245 g/mol. The summed E-state index contributed by atoms with van der Waals surface area (Å²) >= 11 is 0. The Hall–Kier alpha value is -0.480. The summed E-state index contributed by atoms with van der Waals surface area (Å²) in [5, 5.41) is 3.66. The topological polar surface area (TPSA) is 12.0 Å². The smallest absolute Gasteiger partial charge is 0.0744 e. The number of terminal acetylenes is 1. The van der Waals surface area contributed by atoms with Gasteiger partial charge in [-0.2, -0.15) is 0 Å². The Bertz CT molecular complexity index is 350. The fourth-order valence-corrected chi connectivity index (χ4v) is 5.88. The Labute approximate surface area is 112 Å². The molecule has 4 saturated carbocycles. The van der Waals surface area contributed by atoms with Crippen molar-refractivity contribution < 1.29 is 0 Å². The first-order chi connectivity index (χ1) is 8.59. The molecule has 0 heterocycles. The van der Waals surface area contributed by atoms with Gasteiger partial charge in [-0.05, 0) is 74.2 Å². The van der Waals surface area contributed by atoms with Crippen molar-refractivity contribution in [2.24, 2.45) is 22.7 Å². The van der Waals surface area contributed by atoms with Crippen LogP contribution in [0.3, 0.4) is 0 Å². The minimum absolute atomic E-state index is 0.322. The lowest BCUT2D eigenvalue weighted by atomic mass is 9.43. The van der Waals surface area contributed by atoms with Crippen LogP contribution < -0.4 is 5.32 Å². The molecule has 1 nitrogen and oxygen atoms in total. The standard InChI is InChI=1S/C17H27N/c1-4-6-18-15(5-2)17-10-13-7-14(11-17)9-16(3,8-13)12-17/h2,13-15,18H,4,6-12H2,1,3H3. The number of nitrogens with one attached hydrogen (secondary N) is 1. The van der Waals surface area contributed by atoms with E-state index in [1.807, 2.05) is 0 Å². The molecular formula is C17H27N. The van der Waals surface area contributed by atoms with Gasteiger partial charge in [-0.3, -0.25) is 0 Å². The van der Waals surface area contributed by atoms with E-state index in [1.165, 1.54) is 44.9 Å². The Morgan fingerprint density at radius 2 is 1.94 bits per heavy atom. The van der Waals surface area contributed by atoms with Crippen molar-refractivity contribution in [3.8, 4) is 12.3 Å². The number of rotatable bonds is 4. The van der Waals surface area contributed by atoms with Gasteiger partial charge in [0, 0.05) is 0 Å². The Morgan fingerprint density at radius 1 is 1.28 bits per heavy atom. The molecule has 1 N–H and O–H groups in total. The van der Waals surface area contributed by atoms with Crippen molar-refractivity contribution >= 4 is 0 Å². The van der Waals surface area contributed by atoms with Gasteiger partial charge in [0.25, 0.3) is 0 Å². The van der Waals surface area contributed by atoms with Crippen molar-refractivity contribution in [3.63, 3.8) is 0 Å². The van der Waals surface area contributed by atoms with Crippen LogP contribution in [0.1, 0.15) is 58.8 Å². The van der Waals surface area contributed by atoms with Gasteiger partial charge in [-0.25, -0.2) is 0 Å². The van der Waals surface area contributed by atoms with E-state index in [4.69, 9.17) is 6.42 Å². The Balaban J connectivity index is 1.83. The maximum absolute atomic E-state index is 5.87. The molecule has 3 atom stereocenters. The van der Waals surface area contributed by atoms with Gasteiger partial charge >= 0.3 is 0 Å². The molecule has 18 heavy (non-hydrogen) atoms. The summed E-state index contributed by atoms with van der Waals surface area (Å²) in [6, 6.07) is 0.322. The molecule has 0 aromatic carbocycles. The van der Waals surface area contributed by atoms with E-state index in [2.05, 4.69) is 25.1 Å². The van der Waals surface area contributed by atoms with Crippen molar-refractivity contribution in [2.45, 2.75) is 64.8 Å². The second-order valence-electron chi connectivity index (χ2n) is 7.69. The zero-order chi connectivity index (χ0) is 12.8. The van der Waals surface area contributed by atoms with Crippen LogP contribution in [-0.2, 0) is 0 Å². The van der Waals surface area contributed by atoms with E-state index in [9.17, 15) is 0 Å². The van der Waals surface area contributed by atoms with Crippen molar-refractivity contribution in [2.75, 3.05) is 6.54 Å². The van der Waals surface area contributed by atoms with E-state index in [1.54, 1.807) is 0 Å². The average Bonchev–Trinajstić information content (AvgIpc) is 2.26. The Morgan fingerprint density at radius 3 is 2.44 bits per heavy atom. The minimum Gasteiger partial charge on any atom is -0.303 e. The van der Waals surface area contributed by atoms with Crippen LogP contribution in [-0.4, -0.2) is 12.6 Å². The molecule has 3 unspecified atom stereocenters. The number of hydrogen-bond acceptors (Lipinski definition) is 1. The SMILES string of the molecule is C#CC(NCCC)C12CC3CC(CC(C)(C3)C1)C2. The zero-order valence-electron chi connectivity index (χ0n) is 12.0. The zero-order valence-corrected chi connectivity index (χ0v) is 12.0. The highest BCUT2D eigenvalue weighted by atomic mass is 14.9. The van der Waals surface area contributed by atoms with E-state index in [0.29, 0.717) is 16.9 Å². The lowest BCUT2D eigenvalue weighted by Gasteiger charge is -2.63. The maximum Gasteiger partial charge on any atom is 0.0744 e. The van der Waals surface area contributed by atoms with Gasteiger partial charge in [-0.15, -0.1) is 6.42 Å². The van der Waals surface area contributed by atoms with Crippen molar-refractivity contribution in [1.29, 1.82) is 0 Å². The lowest BCUT2D eigenvalue weighted by Crippen LogP contribution is -2.58. The van der Waals surface area contributed by atoms with Crippen LogP contribution in [0.15, 0.2) is 0 Å². The van der Waals surface area contributed by atoms with Gasteiger partial charge in [0.1, 0.15) is 0 Å². The molecule has 0 spiro atoms. The predicted octanol–water partition coefficient (Wildman–Crippen LogP) is 3.59. The van der Waals surface area contributed by atoms with E-state index < -0.39 is 0 Å². The molecule has 1 heteroatoms. The third kappa shape index (κ3) is 1.90. The van der Waals surface area contributed by atoms with Crippen LogP contribution in [0.4, 0.5) is 0 Å². The first-order valence-corrected chi connectivity index (χ1v) is 7.79. The van der Waals surface area contributed by atoms with Crippen LogP contribution in [0, 0.1) is 35.0 Å². The maximum atomic E-state index is 5.87. The van der Waals surface area contributed by atoms with E-state index in [-0.39, 0.29) is 0 Å². The molecule has 0 aromatic heterocycles. The molecule has 0 aromatic rings. The first kappa shape index (κ1) is 12.5. The van der Waals surface area contributed by atoms with Gasteiger partial charge < -0.3 is 5.32 Å². The molecule has 100 valence electrons. The molecule has 4 aliphatic rings. The van der Waals surface area contributed by atoms with Crippen molar-refractivity contribution in [1.82, 2.24) is 5.32 Å². The molecule has 0 saturated heterocycles. The minimum atomic E-state index is 0.322. The summed E-state index contributed by atoms with van der Waals surface area (Å²) in [4.78, 5) is 0. The molecule has 4 bridgehead atoms. The molecule has 0 aliphatic heterocycles. The van der Waals surface area contributed by atoms with Crippen LogP contribution in [0.25, 0.3) is 0 Å². The van der Waals surface area contributed by atoms with Gasteiger partial charge in [0.05, 0.1) is 6.04 Å². The van der Waals surface area contributed by atoms with Crippen LogP contribution in [0.5, 0.6) is 0 Å². The molecule has 0 amide bonds. The summed E-state index contributed by atoms with van der Waals surface area (Å²) in [5.41, 5.74) is 1.04. The Kier molecular flexibility index (Phi) is 2.98. The summed E-state index contributed by atoms with van der Waals surface area (Å²) < 4.78 is 0. The van der Waals surface area contributed by atoms with Gasteiger partial charge in [0.2, 0.25) is 0 Å². The highest BCUT2D eigenvalue weighted by molar-refractivity contribution is 5.17. The summed E-state index contributed by atoms with van der Waals surface area (Å²) in [5.74, 6) is 5.04. The van der Waals surface area contributed by atoms with E-state index >= 15 is 0 Å². The van der Waals surface area contributed by atoms with Gasteiger partial charge in [-0.1, -0.05) is 19.8 Å². The second kappa shape index (κ2) is 4.27. The fourth-order valence-electron chi connectivity index (χ4n) is 5.88. The molecule has 4 aliphatic carbocycles. The van der Waals surface area contributed by atoms with Crippen molar-refractivity contribution in [3.05, 3.63) is 0 Å². The van der Waals surface area contributed by atoms with E-state index in [0.717, 1.165) is 18.4 Å². The average molecular weight is 245 g/mol. The molecular weight excluding hydrogens is 218 g/mol. The quantitative estimate of drug-likeness (QED) is 0.746. The second-order valence-corrected chi connectivity index (χ2v) is 7.69. The first-order valence-electron chi connectivity index (χ1n) is 7.79. The lowest BCUT2D eigenvalue weighted by molar-refractivity contribution is -0.109. The van der Waals surface area contributed by atoms with Crippen LogP contribution >= 0.6 is 0 Å². The summed E-state index contributed by atoms with van der Waals surface area (Å²) in [7, 11) is 0. The number of hydrogen-bond donors (Lipinski definition) is 1. The third-order valence-corrected chi connectivity index (χ3v) is 5.78. The fraction of sp³-hybridized carbons (Fsp3) is 0.882. The molecule has 4 rings (SSSR count). The summed E-state index contributed by atoms with van der Waals surface area (Å²) in [6.07, 6.45) is 15.6. The molecule has 4 fully saturated rings.